The van der Waals surface area contributed by atoms with E-state index in [1.54, 1.807) is 0 Å². The number of ether oxygens (including phenoxy) is 1. The van der Waals surface area contributed by atoms with Crippen LogP contribution in [0.5, 0.6) is 0 Å². The normalized spacial score (nSPS) is 14.0. The zero-order chi connectivity index (χ0) is 15.3. The molecule has 0 aliphatic carbocycles. The molecular weight excluding hydrogens is 262 g/mol. The molecular formula is C18H31NO2. The highest BCUT2D eigenvalue weighted by Gasteiger charge is 2.10. The van der Waals surface area contributed by atoms with Crippen LogP contribution in [-0.4, -0.2) is 30.4 Å². The predicted octanol–water partition coefficient (Wildman–Crippen LogP) is 3.51. The topological polar surface area (TPSA) is 41.5 Å². The van der Waals surface area contributed by atoms with Crippen molar-refractivity contribution < 1.29 is 9.84 Å². The van der Waals surface area contributed by atoms with Gasteiger partial charge in [0, 0.05) is 12.6 Å². The van der Waals surface area contributed by atoms with Crippen LogP contribution in [0, 0.1) is 0 Å². The zero-order valence-corrected chi connectivity index (χ0v) is 13.6. The summed E-state index contributed by atoms with van der Waals surface area (Å²) in [6.45, 7) is 5.99. The van der Waals surface area contributed by atoms with Crippen molar-refractivity contribution in [3.05, 3.63) is 35.9 Å². The smallest absolute Gasteiger partial charge is 0.0897 e. The largest absolute Gasteiger partial charge is 0.389 e. The molecule has 0 saturated carbocycles. The van der Waals surface area contributed by atoms with Crippen LogP contribution in [-0.2, 0) is 11.3 Å². The van der Waals surface area contributed by atoms with Crippen LogP contribution < -0.4 is 5.32 Å². The number of nitrogens with one attached hydrogen (secondary N) is 1. The van der Waals surface area contributed by atoms with E-state index in [1.807, 2.05) is 30.3 Å². The second-order valence-corrected chi connectivity index (χ2v) is 5.69. The monoisotopic (exact) mass is 293 g/mol. The molecule has 2 N–H and O–H groups in total. The van der Waals surface area contributed by atoms with E-state index in [0.717, 1.165) is 5.56 Å². The Morgan fingerprint density at radius 3 is 2.52 bits per heavy atom. The van der Waals surface area contributed by atoms with Gasteiger partial charge in [0.2, 0.25) is 0 Å². The van der Waals surface area contributed by atoms with Gasteiger partial charge in [-0.25, -0.2) is 0 Å². The lowest BCUT2D eigenvalue weighted by Crippen LogP contribution is -2.37. The van der Waals surface area contributed by atoms with E-state index in [0.29, 0.717) is 25.8 Å². The summed E-state index contributed by atoms with van der Waals surface area (Å²) in [6, 6.07) is 10.6. The van der Waals surface area contributed by atoms with Crippen molar-refractivity contribution in [3.63, 3.8) is 0 Å². The molecule has 1 aromatic carbocycles. The molecule has 0 aliphatic heterocycles. The van der Waals surface area contributed by atoms with Crippen LogP contribution in [0.25, 0.3) is 0 Å². The first kappa shape index (κ1) is 18.1. The summed E-state index contributed by atoms with van der Waals surface area (Å²) in [7, 11) is 0. The lowest BCUT2D eigenvalue weighted by Gasteiger charge is -2.20. The maximum Gasteiger partial charge on any atom is 0.0897 e. The van der Waals surface area contributed by atoms with Crippen LogP contribution in [0.4, 0.5) is 0 Å². The first-order valence-electron chi connectivity index (χ1n) is 8.29. The molecule has 0 heterocycles. The molecule has 0 radical (unpaired) electrons. The lowest BCUT2D eigenvalue weighted by molar-refractivity contribution is 0.0273. The van der Waals surface area contributed by atoms with E-state index >= 15 is 0 Å². The summed E-state index contributed by atoms with van der Waals surface area (Å²) in [5.74, 6) is 0. The Morgan fingerprint density at radius 1 is 1.10 bits per heavy atom. The van der Waals surface area contributed by atoms with Crippen molar-refractivity contribution >= 4 is 0 Å². The molecule has 0 fully saturated rings. The lowest BCUT2D eigenvalue weighted by atomic mass is 10.1. The van der Waals surface area contributed by atoms with Gasteiger partial charge in [-0.05, 0) is 18.4 Å². The van der Waals surface area contributed by atoms with Crippen molar-refractivity contribution in [3.8, 4) is 0 Å². The van der Waals surface area contributed by atoms with Crippen LogP contribution in [0.2, 0.25) is 0 Å². The number of aliphatic hydroxyl groups excluding tert-OH is 1. The first-order chi connectivity index (χ1) is 10.3. The van der Waals surface area contributed by atoms with Crippen molar-refractivity contribution in [2.45, 2.75) is 64.7 Å². The zero-order valence-electron chi connectivity index (χ0n) is 13.6. The van der Waals surface area contributed by atoms with E-state index in [1.165, 1.54) is 32.1 Å². The van der Waals surface area contributed by atoms with Crippen molar-refractivity contribution in [1.29, 1.82) is 0 Å². The van der Waals surface area contributed by atoms with Gasteiger partial charge in [-0.15, -0.1) is 0 Å². The fourth-order valence-electron chi connectivity index (χ4n) is 2.40. The van der Waals surface area contributed by atoms with Gasteiger partial charge in [0.25, 0.3) is 0 Å². The quantitative estimate of drug-likeness (QED) is 0.619. The van der Waals surface area contributed by atoms with Gasteiger partial charge in [0.05, 0.1) is 19.3 Å². The average Bonchev–Trinajstić information content (AvgIpc) is 2.51. The van der Waals surface area contributed by atoms with Gasteiger partial charge in [-0.3, -0.25) is 0 Å². The molecule has 2 atom stereocenters. The Balaban J connectivity index is 2.15. The minimum absolute atomic E-state index is 0.383. The molecule has 1 rings (SSSR count). The Morgan fingerprint density at radius 2 is 1.86 bits per heavy atom. The van der Waals surface area contributed by atoms with Crippen molar-refractivity contribution in [2.24, 2.45) is 0 Å². The number of benzene rings is 1. The van der Waals surface area contributed by atoms with Gasteiger partial charge in [0.15, 0.2) is 0 Å². The van der Waals surface area contributed by atoms with E-state index < -0.39 is 6.10 Å². The minimum atomic E-state index is -0.435. The average molecular weight is 293 g/mol. The molecule has 0 amide bonds. The van der Waals surface area contributed by atoms with Crippen molar-refractivity contribution in [1.82, 2.24) is 5.32 Å². The Hall–Kier alpha value is -0.900. The molecule has 0 saturated heterocycles. The van der Waals surface area contributed by atoms with Gasteiger partial charge < -0.3 is 15.2 Å². The second-order valence-electron chi connectivity index (χ2n) is 5.69. The molecule has 1 aromatic rings. The minimum Gasteiger partial charge on any atom is -0.389 e. The molecule has 0 aromatic heterocycles. The number of unbranched alkanes of at least 4 members (excludes halogenated alkanes) is 1. The maximum atomic E-state index is 9.98. The van der Waals surface area contributed by atoms with Gasteiger partial charge in [0.1, 0.15) is 0 Å². The van der Waals surface area contributed by atoms with E-state index in [9.17, 15) is 5.11 Å². The van der Waals surface area contributed by atoms with Crippen LogP contribution in [0.1, 0.15) is 51.5 Å². The molecule has 3 nitrogen and oxygen atoms in total. The third kappa shape index (κ3) is 8.86. The molecule has 3 heteroatoms. The molecule has 0 spiro atoms. The highest BCUT2D eigenvalue weighted by molar-refractivity contribution is 5.13. The Kier molecular flexibility index (Phi) is 10.1. The predicted molar refractivity (Wildman–Crippen MR) is 88.3 cm³/mol. The summed E-state index contributed by atoms with van der Waals surface area (Å²) in [5.41, 5.74) is 1.14. The summed E-state index contributed by atoms with van der Waals surface area (Å²) in [4.78, 5) is 0. The number of aliphatic hydroxyl groups is 1. The standard InChI is InChI=1S/C18H31NO2/c1-3-5-12-17(9-4-2)19-13-18(20)15-21-14-16-10-7-6-8-11-16/h6-8,10-11,17-20H,3-5,9,12-15H2,1-2H3. The highest BCUT2D eigenvalue weighted by Crippen LogP contribution is 2.07. The second kappa shape index (κ2) is 11.7. The number of rotatable bonds is 12. The maximum absolute atomic E-state index is 9.98. The fourth-order valence-corrected chi connectivity index (χ4v) is 2.40. The first-order valence-corrected chi connectivity index (χ1v) is 8.29. The molecule has 0 aliphatic rings. The van der Waals surface area contributed by atoms with Crippen LogP contribution in [0.3, 0.4) is 0 Å². The third-order valence-electron chi connectivity index (χ3n) is 3.61. The van der Waals surface area contributed by atoms with E-state index in [2.05, 4.69) is 19.2 Å². The van der Waals surface area contributed by atoms with E-state index in [-0.39, 0.29) is 0 Å². The molecule has 2 unspecified atom stereocenters. The Labute approximate surface area is 129 Å². The third-order valence-corrected chi connectivity index (χ3v) is 3.61. The van der Waals surface area contributed by atoms with Gasteiger partial charge >= 0.3 is 0 Å². The SMILES string of the molecule is CCCCC(CCC)NCC(O)COCc1ccccc1. The number of hydrogen-bond acceptors (Lipinski definition) is 3. The fraction of sp³-hybridized carbons (Fsp3) is 0.667. The van der Waals surface area contributed by atoms with Crippen LogP contribution >= 0.6 is 0 Å². The summed E-state index contributed by atoms with van der Waals surface area (Å²) < 4.78 is 5.56. The van der Waals surface area contributed by atoms with Crippen LogP contribution in [0.15, 0.2) is 30.3 Å². The summed E-state index contributed by atoms with van der Waals surface area (Å²) in [6.07, 6.45) is 5.60. The molecule has 120 valence electrons. The molecule has 21 heavy (non-hydrogen) atoms. The number of hydrogen-bond donors (Lipinski definition) is 2. The summed E-state index contributed by atoms with van der Waals surface area (Å²) in [5, 5.41) is 13.5. The van der Waals surface area contributed by atoms with Gasteiger partial charge in [-0.1, -0.05) is 63.4 Å². The summed E-state index contributed by atoms with van der Waals surface area (Å²) >= 11 is 0. The van der Waals surface area contributed by atoms with Gasteiger partial charge in [-0.2, -0.15) is 0 Å². The highest BCUT2D eigenvalue weighted by atomic mass is 16.5. The van der Waals surface area contributed by atoms with Crippen molar-refractivity contribution in [2.75, 3.05) is 13.2 Å². The molecule has 0 bridgehead atoms. The Bertz CT molecular complexity index is 342. The van der Waals surface area contributed by atoms with E-state index in [4.69, 9.17) is 4.74 Å².